The number of rotatable bonds is 5. The van der Waals surface area contributed by atoms with E-state index in [1.54, 1.807) is 0 Å². The Labute approximate surface area is 139 Å². The van der Waals surface area contributed by atoms with Crippen molar-refractivity contribution in [1.29, 1.82) is 0 Å². The standard InChI is InChI=1S/C17H19IN2O/c1-3-10-19-16-9-4-13(11-12(16)2)17(21)20-15-7-5-14(18)6-8-15/h4-9,11,19H,3,10H2,1-2H3,(H,20,21). The quantitative estimate of drug-likeness (QED) is 0.724. The molecule has 3 nitrogen and oxygen atoms in total. The van der Waals surface area contributed by atoms with Crippen molar-refractivity contribution in [1.82, 2.24) is 0 Å². The van der Waals surface area contributed by atoms with Gasteiger partial charge in [0.1, 0.15) is 0 Å². The number of benzene rings is 2. The van der Waals surface area contributed by atoms with E-state index in [-0.39, 0.29) is 5.91 Å². The zero-order valence-corrected chi connectivity index (χ0v) is 14.4. The maximum atomic E-state index is 12.2. The molecule has 2 rings (SSSR count). The second-order valence-corrected chi connectivity index (χ2v) is 6.16. The summed E-state index contributed by atoms with van der Waals surface area (Å²) in [4.78, 5) is 12.2. The second kappa shape index (κ2) is 7.45. The lowest BCUT2D eigenvalue weighted by molar-refractivity contribution is 0.102. The van der Waals surface area contributed by atoms with Crippen LogP contribution < -0.4 is 10.6 Å². The molecule has 0 aliphatic rings. The van der Waals surface area contributed by atoms with Crippen molar-refractivity contribution >= 4 is 39.9 Å². The molecule has 4 heteroatoms. The van der Waals surface area contributed by atoms with E-state index < -0.39 is 0 Å². The summed E-state index contributed by atoms with van der Waals surface area (Å²) in [6, 6.07) is 13.5. The number of carbonyl (C=O) groups is 1. The molecule has 1 amide bonds. The van der Waals surface area contributed by atoms with Gasteiger partial charge in [0.15, 0.2) is 0 Å². The molecule has 0 heterocycles. The van der Waals surface area contributed by atoms with Crippen LogP contribution in [0.1, 0.15) is 29.3 Å². The predicted molar refractivity (Wildman–Crippen MR) is 97.1 cm³/mol. The average molecular weight is 394 g/mol. The number of carbonyl (C=O) groups excluding carboxylic acids is 1. The lowest BCUT2D eigenvalue weighted by Gasteiger charge is -2.11. The van der Waals surface area contributed by atoms with Gasteiger partial charge in [-0.1, -0.05) is 6.92 Å². The molecule has 0 saturated carbocycles. The Bertz CT molecular complexity index is 623. The van der Waals surface area contributed by atoms with Crippen molar-refractivity contribution in [2.75, 3.05) is 17.2 Å². The first-order chi connectivity index (χ1) is 10.1. The van der Waals surface area contributed by atoms with Crippen LogP contribution >= 0.6 is 22.6 Å². The molecule has 2 aromatic carbocycles. The zero-order chi connectivity index (χ0) is 15.2. The molecule has 0 bridgehead atoms. The molecule has 0 fully saturated rings. The van der Waals surface area contributed by atoms with Crippen molar-refractivity contribution in [3.63, 3.8) is 0 Å². The van der Waals surface area contributed by atoms with E-state index in [2.05, 4.69) is 40.1 Å². The Morgan fingerprint density at radius 2 is 1.86 bits per heavy atom. The van der Waals surface area contributed by atoms with Crippen LogP contribution in [-0.2, 0) is 0 Å². The fraction of sp³-hybridized carbons (Fsp3) is 0.235. The van der Waals surface area contributed by atoms with Gasteiger partial charge < -0.3 is 10.6 Å². The van der Waals surface area contributed by atoms with Crippen LogP contribution in [0.2, 0.25) is 0 Å². The molecular weight excluding hydrogens is 375 g/mol. The highest BCUT2D eigenvalue weighted by atomic mass is 127. The van der Waals surface area contributed by atoms with E-state index >= 15 is 0 Å². The number of aryl methyl sites for hydroxylation is 1. The van der Waals surface area contributed by atoms with Crippen LogP contribution in [0.4, 0.5) is 11.4 Å². The Hall–Kier alpha value is -1.56. The minimum atomic E-state index is -0.0821. The number of hydrogen-bond acceptors (Lipinski definition) is 2. The summed E-state index contributed by atoms with van der Waals surface area (Å²) in [5, 5.41) is 6.26. The topological polar surface area (TPSA) is 41.1 Å². The monoisotopic (exact) mass is 394 g/mol. The van der Waals surface area contributed by atoms with Crippen molar-refractivity contribution in [2.45, 2.75) is 20.3 Å². The molecule has 0 saturated heterocycles. The third kappa shape index (κ3) is 4.46. The van der Waals surface area contributed by atoms with E-state index in [4.69, 9.17) is 0 Å². The Balaban J connectivity index is 2.08. The number of nitrogens with one attached hydrogen (secondary N) is 2. The lowest BCUT2D eigenvalue weighted by atomic mass is 10.1. The number of halogens is 1. The van der Waals surface area contributed by atoms with Crippen molar-refractivity contribution in [2.24, 2.45) is 0 Å². The zero-order valence-electron chi connectivity index (χ0n) is 12.2. The van der Waals surface area contributed by atoms with Gasteiger partial charge in [0.2, 0.25) is 0 Å². The summed E-state index contributed by atoms with van der Waals surface area (Å²) in [6.07, 6.45) is 1.08. The fourth-order valence-electron chi connectivity index (χ4n) is 2.00. The Morgan fingerprint density at radius 3 is 2.48 bits per heavy atom. The highest BCUT2D eigenvalue weighted by Gasteiger charge is 2.08. The molecule has 110 valence electrons. The molecule has 2 aromatic rings. The van der Waals surface area contributed by atoms with Crippen molar-refractivity contribution in [3.8, 4) is 0 Å². The predicted octanol–water partition coefficient (Wildman–Crippen LogP) is 4.67. The molecule has 0 aliphatic carbocycles. The lowest BCUT2D eigenvalue weighted by Crippen LogP contribution is -2.12. The molecular formula is C17H19IN2O. The van der Waals surface area contributed by atoms with E-state index in [1.165, 1.54) is 0 Å². The van der Waals surface area contributed by atoms with E-state index in [0.29, 0.717) is 5.56 Å². The molecule has 0 radical (unpaired) electrons. The largest absolute Gasteiger partial charge is 0.385 e. The van der Waals surface area contributed by atoms with Gasteiger partial charge in [0.05, 0.1) is 0 Å². The normalized spacial score (nSPS) is 10.2. The maximum absolute atomic E-state index is 12.2. The first-order valence-corrected chi connectivity index (χ1v) is 8.09. The van der Waals surface area contributed by atoms with Gasteiger partial charge in [-0.2, -0.15) is 0 Å². The van der Waals surface area contributed by atoms with Crippen LogP contribution in [0.5, 0.6) is 0 Å². The third-order valence-corrected chi connectivity index (χ3v) is 3.88. The third-order valence-electron chi connectivity index (χ3n) is 3.16. The van der Waals surface area contributed by atoms with Gasteiger partial charge >= 0.3 is 0 Å². The number of amides is 1. The van der Waals surface area contributed by atoms with Gasteiger partial charge in [0.25, 0.3) is 5.91 Å². The first kappa shape index (κ1) is 15.8. The minimum Gasteiger partial charge on any atom is -0.385 e. The van der Waals surface area contributed by atoms with E-state index in [0.717, 1.165) is 33.5 Å². The molecule has 0 aliphatic heterocycles. The van der Waals surface area contributed by atoms with Crippen LogP contribution in [0.15, 0.2) is 42.5 Å². The minimum absolute atomic E-state index is 0.0821. The summed E-state index contributed by atoms with van der Waals surface area (Å²) >= 11 is 2.24. The van der Waals surface area contributed by atoms with Crippen LogP contribution in [-0.4, -0.2) is 12.5 Å². The van der Waals surface area contributed by atoms with Crippen LogP contribution in [0.25, 0.3) is 0 Å². The number of hydrogen-bond donors (Lipinski definition) is 2. The summed E-state index contributed by atoms with van der Waals surface area (Å²) < 4.78 is 1.15. The van der Waals surface area contributed by atoms with Gasteiger partial charge in [-0.05, 0) is 84.0 Å². The average Bonchev–Trinajstić information content (AvgIpc) is 2.48. The van der Waals surface area contributed by atoms with Gasteiger partial charge in [-0.3, -0.25) is 4.79 Å². The highest BCUT2D eigenvalue weighted by Crippen LogP contribution is 2.18. The van der Waals surface area contributed by atoms with E-state index in [9.17, 15) is 4.79 Å². The van der Waals surface area contributed by atoms with Crippen molar-refractivity contribution in [3.05, 3.63) is 57.2 Å². The fourth-order valence-corrected chi connectivity index (χ4v) is 2.36. The smallest absolute Gasteiger partial charge is 0.255 e. The molecule has 21 heavy (non-hydrogen) atoms. The van der Waals surface area contributed by atoms with Crippen molar-refractivity contribution < 1.29 is 4.79 Å². The molecule has 0 atom stereocenters. The summed E-state index contributed by atoms with van der Waals surface area (Å²) in [6.45, 7) is 5.08. The Morgan fingerprint density at radius 1 is 1.14 bits per heavy atom. The molecule has 0 aromatic heterocycles. The summed E-state index contributed by atoms with van der Waals surface area (Å²) in [5.41, 5.74) is 3.65. The second-order valence-electron chi connectivity index (χ2n) is 4.92. The molecule has 0 spiro atoms. The SMILES string of the molecule is CCCNc1ccc(C(=O)Nc2ccc(I)cc2)cc1C. The summed E-state index contributed by atoms with van der Waals surface area (Å²) in [7, 11) is 0. The molecule has 0 unspecified atom stereocenters. The van der Waals surface area contributed by atoms with E-state index in [1.807, 2.05) is 49.4 Å². The number of anilines is 2. The maximum Gasteiger partial charge on any atom is 0.255 e. The highest BCUT2D eigenvalue weighted by molar-refractivity contribution is 14.1. The Kier molecular flexibility index (Phi) is 5.61. The van der Waals surface area contributed by atoms with Gasteiger partial charge in [-0.25, -0.2) is 0 Å². The van der Waals surface area contributed by atoms with Gasteiger partial charge in [0, 0.05) is 27.1 Å². The van der Waals surface area contributed by atoms with Gasteiger partial charge in [-0.15, -0.1) is 0 Å². The summed E-state index contributed by atoms with van der Waals surface area (Å²) in [5.74, 6) is -0.0821. The molecule has 2 N–H and O–H groups in total. The van der Waals surface area contributed by atoms with Crippen LogP contribution in [0, 0.1) is 10.5 Å². The van der Waals surface area contributed by atoms with Crippen LogP contribution in [0.3, 0.4) is 0 Å². The first-order valence-electron chi connectivity index (χ1n) is 7.01.